The quantitative estimate of drug-likeness (QED) is 0.330. The van der Waals surface area contributed by atoms with Gasteiger partial charge in [0.1, 0.15) is 11.5 Å². The Balaban J connectivity index is 1.48. The van der Waals surface area contributed by atoms with Crippen LogP contribution in [0.25, 0.3) is 0 Å². The Morgan fingerprint density at radius 2 is 1.21 bits per heavy atom. The summed E-state index contributed by atoms with van der Waals surface area (Å²) in [6, 6.07) is -4.52. The van der Waals surface area contributed by atoms with Crippen LogP contribution >= 0.6 is 0 Å². The summed E-state index contributed by atoms with van der Waals surface area (Å²) >= 11 is 0. The molecule has 2 nitrogen and oxygen atoms in total. The van der Waals surface area contributed by atoms with Crippen molar-refractivity contribution in [3.05, 3.63) is 65.5 Å². The summed E-state index contributed by atoms with van der Waals surface area (Å²) in [4.78, 5) is 0. The molecule has 164 valence electrons. The van der Waals surface area contributed by atoms with Gasteiger partial charge in [-0.25, -0.2) is 8.78 Å². The van der Waals surface area contributed by atoms with Crippen LogP contribution in [0.2, 0.25) is 0 Å². The highest BCUT2D eigenvalue weighted by Gasteiger charge is 2.55. The summed E-state index contributed by atoms with van der Waals surface area (Å²) in [5.41, 5.74) is -1.38. The Morgan fingerprint density at radius 3 is 1.70 bits per heavy atom. The molecule has 0 radical (unpaired) electrons. The lowest BCUT2D eigenvalue weighted by molar-refractivity contribution is -0.00871. The van der Waals surface area contributed by atoms with Crippen LogP contribution in [0.1, 0.15) is 55.1 Å². The van der Waals surface area contributed by atoms with Gasteiger partial charge in [0.25, 0.3) is 6.71 Å². The fraction of sp³-hybridized carbons (Fsp3) is 0.357. The summed E-state index contributed by atoms with van der Waals surface area (Å²) < 4.78 is 113. The minimum absolute atomic E-state index is 0.141. The predicted molar refractivity (Wildman–Crippen MR) is 124 cm³/mol. The Kier molecular flexibility index (Phi) is 2.36. The molecule has 4 aliphatic carbocycles. The fourth-order valence-electron chi connectivity index (χ4n) is 7.83. The molecule has 3 aromatic carbocycles. The van der Waals surface area contributed by atoms with Crippen molar-refractivity contribution in [3.63, 3.8) is 0 Å². The third kappa shape index (κ3) is 2.33. The van der Waals surface area contributed by atoms with Gasteiger partial charge in [0.05, 0.1) is 11.0 Å². The number of para-hydroxylation sites is 2. The lowest BCUT2D eigenvalue weighted by Gasteiger charge is -2.57. The summed E-state index contributed by atoms with van der Waals surface area (Å²) in [5, 5.41) is 0. The van der Waals surface area contributed by atoms with E-state index >= 15 is 8.78 Å². The van der Waals surface area contributed by atoms with E-state index in [1.165, 1.54) is 0 Å². The SMILES string of the molecule is [2H]c1c([2H])c([2H])c2c(c1[2H])Oc1c(F)c(C34CC5CC(CC(C5)C3)C4)c(F)c3c1B2c1c([2H])c([2H])c([2H])c([2H])c1O3. The molecule has 3 aromatic rings. The Bertz CT molecular complexity index is 1630. The summed E-state index contributed by atoms with van der Waals surface area (Å²) in [6.45, 7) is -1.37. The van der Waals surface area contributed by atoms with Crippen LogP contribution in [0.15, 0.2) is 48.3 Å². The molecule has 2 heterocycles. The maximum Gasteiger partial charge on any atom is 0.260 e. The number of fused-ring (bicyclic) bond motifs is 4. The maximum atomic E-state index is 16.9. The molecule has 0 saturated heterocycles. The molecule has 0 aromatic heterocycles. The number of benzene rings is 3. The Hall–Kier alpha value is -2.82. The van der Waals surface area contributed by atoms with Gasteiger partial charge in [0, 0.05) is 16.4 Å². The van der Waals surface area contributed by atoms with Crippen molar-refractivity contribution >= 4 is 23.1 Å². The monoisotopic (exact) mass is 448 g/mol. The molecule has 4 saturated carbocycles. The molecule has 33 heavy (non-hydrogen) atoms. The standard InChI is InChI=1S/C28H23BF2O2/c30-24-22(28-12-15-9-16(13-28)11-17(10-15)14-28)25(31)27-23-26(24)32-20-7-3-1-5-18(20)29(23)19-6-2-4-8-21(19)33-27/h1-8,15-17H,9-14H2/i1D,2D,3D,4D,5D,6D,7D,8D. The van der Waals surface area contributed by atoms with Gasteiger partial charge < -0.3 is 9.47 Å². The van der Waals surface area contributed by atoms with Gasteiger partial charge >= 0.3 is 0 Å². The minimum Gasteiger partial charge on any atom is -0.455 e. The summed E-state index contributed by atoms with van der Waals surface area (Å²) in [6.07, 6.45) is 5.01. The number of halogens is 2. The van der Waals surface area contributed by atoms with Crippen LogP contribution in [0.5, 0.6) is 23.0 Å². The van der Waals surface area contributed by atoms with Crippen molar-refractivity contribution in [3.8, 4) is 23.0 Å². The van der Waals surface area contributed by atoms with Crippen molar-refractivity contribution in [2.24, 2.45) is 17.8 Å². The first-order valence-corrected chi connectivity index (χ1v) is 11.5. The van der Waals surface area contributed by atoms with Gasteiger partial charge in [-0.2, -0.15) is 0 Å². The van der Waals surface area contributed by atoms with E-state index in [2.05, 4.69) is 0 Å². The van der Waals surface area contributed by atoms with Crippen LogP contribution in [0, 0.1) is 29.4 Å². The van der Waals surface area contributed by atoms with E-state index in [1.54, 1.807) is 0 Å². The van der Waals surface area contributed by atoms with E-state index in [0.29, 0.717) is 37.0 Å². The van der Waals surface area contributed by atoms with Crippen molar-refractivity contribution < 1.29 is 29.2 Å². The first-order valence-electron chi connectivity index (χ1n) is 15.5. The second kappa shape index (κ2) is 6.19. The van der Waals surface area contributed by atoms with Crippen molar-refractivity contribution in [2.45, 2.75) is 43.9 Å². The van der Waals surface area contributed by atoms with Crippen LogP contribution in [0.4, 0.5) is 8.78 Å². The van der Waals surface area contributed by atoms with E-state index in [4.69, 9.17) is 20.4 Å². The third-order valence-corrected chi connectivity index (χ3v) is 8.53. The number of ether oxygens (including phenoxy) is 2. The highest BCUT2D eigenvalue weighted by atomic mass is 19.1. The average Bonchev–Trinajstić information content (AvgIpc) is 2.93. The van der Waals surface area contributed by atoms with E-state index in [9.17, 15) is 0 Å². The fourth-order valence-corrected chi connectivity index (χ4v) is 7.83. The molecule has 4 fully saturated rings. The molecule has 0 unspecified atom stereocenters. The van der Waals surface area contributed by atoms with Crippen LogP contribution in [0.3, 0.4) is 0 Å². The second-order valence-electron chi connectivity index (χ2n) is 10.4. The summed E-state index contributed by atoms with van der Waals surface area (Å²) in [5.74, 6) is -2.28. The first-order chi connectivity index (χ1) is 19.4. The summed E-state index contributed by atoms with van der Waals surface area (Å²) in [7, 11) is 0. The molecule has 0 atom stereocenters. The number of hydrogen-bond donors (Lipinski definition) is 0. The van der Waals surface area contributed by atoms with Crippen molar-refractivity contribution in [2.75, 3.05) is 0 Å². The largest absolute Gasteiger partial charge is 0.455 e. The zero-order valence-electron chi connectivity index (χ0n) is 25.6. The molecule has 4 bridgehead atoms. The lowest BCUT2D eigenvalue weighted by Crippen LogP contribution is -2.58. The molecule has 5 heteroatoms. The van der Waals surface area contributed by atoms with Crippen molar-refractivity contribution in [1.29, 1.82) is 0 Å². The van der Waals surface area contributed by atoms with Gasteiger partial charge in [-0.15, -0.1) is 0 Å². The molecule has 6 aliphatic rings. The molecule has 0 spiro atoms. The van der Waals surface area contributed by atoms with Gasteiger partial charge in [-0.05, 0) is 79.3 Å². The predicted octanol–water partition coefficient (Wildman–Crippen LogP) is 5.16. The van der Waals surface area contributed by atoms with Gasteiger partial charge in [0.15, 0.2) is 23.1 Å². The van der Waals surface area contributed by atoms with E-state index < -0.39 is 83.6 Å². The van der Waals surface area contributed by atoms with E-state index in [0.717, 1.165) is 19.3 Å². The topological polar surface area (TPSA) is 18.5 Å². The average molecular weight is 448 g/mol. The van der Waals surface area contributed by atoms with Crippen LogP contribution < -0.4 is 25.9 Å². The molecule has 0 amide bonds. The van der Waals surface area contributed by atoms with Gasteiger partial charge in [0.2, 0.25) is 0 Å². The van der Waals surface area contributed by atoms with Crippen LogP contribution in [-0.2, 0) is 5.41 Å². The Labute approximate surface area is 203 Å². The van der Waals surface area contributed by atoms with Gasteiger partial charge in [-0.3, -0.25) is 0 Å². The number of rotatable bonds is 1. The van der Waals surface area contributed by atoms with Gasteiger partial charge in [-0.1, -0.05) is 36.3 Å². The minimum atomic E-state index is -1.37. The third-order valence-electron chi connectivity index (χ3n) is 8.53. The lowest BCUT2D eigenvalue weighted by atomic mass is 9.34. The molecule has 9 rings (SSSR count). The number of hydrogen-bond acceptors (Lipinski definition) is 2. The highest BCUT2D eigenvalue weighted by molar-refractivity contribution is 6.98. The van der Waals surface area contributed by atoms with E-state index in [1.807, 2.05) is 0 Å². The highest BCUT2D eigenvalue weighted by Crippen LogP contribution is 2.62. The molecule has 2 aliphatic heterocycles. The smallest absolute Gasteiger partial charge is 0.260 e. The first kappa shape index (κ1) is 12.6. The van der Waals surface area contributed by atoms with Crippen molar-refractivity contribution in [1.82, 2.24) is 0 Å². The molecular formula is C28H23BF2O2. The molecular weight excluding hydrogens is 417 g/mol. The zero-order chi connectivity index (χ0) is 28.9. The van der Waals surface area contributed by atoms with Crippen LogP contribution in [-0.4, -0.2) is 6.71 Å². The molecule has 0 N–H and O–H groups in total. The second-order valence-corrected chi connectivity index (χ2v) is 10.4. The normalized spacial score (nSPS) is 33.0. The maximum absolute atomic E-state index is 16.9. The zero-order valence-corrected chi connectivity index (χ0v) is 17.6. The Morgan fingerprint density at radius 1 is 0.758 bits per heavy atom. The van der Waals surface area contributed by atoms with E-state index in [-0.39, 0.29) is 33.5 Å².